The average molecular weight is 565 g/mol. The van der Waals surface area contributed by atoms with Gasteiger partial charge in [0.1, 0.15) is 13.2 Å². The largest absolute Gasteiger partial charge is 0.481 e. The lowest BCUT2D eigenvalue weighted by Crippen LogP contribution is -2.41. The van der Waals surface area contributed by atoms with Gasteiger partial charge in [-0.3, -0.25) is 14.4 Å². The number of ether oxygens (including phenoxy) is 2. The Labute approximate surface area is 229 Å². The topological polar surface area (TPSA) is 168 Å². The van der Waals surface area contributed by atoms with Gasteiger partial charge in [0, 0.05) is 6.42 Å². The summed E-state index contributed by atoms with van der Waals surface area (Å²) >= 11 is 6.83. The van der Waals surface area contributed by atoms with Crippen LogP contribution in [0, 0.1) is 5.41 Å². The van der Waals surface area contributed by atoms with Crippen LogP contribution in [0.5, 0.6) is 0 Å². The van der Waals surface area contributed by atoms with Crippen LogP contribution < -0.4 is 0 Å². The zero-order valence-electron chi connectivity index (χ0n) is 21.2. The number of hydrogen-bond acceptors (Lipinski definition) is 10. The van der Waals surface area contributed by atoms with Crippen LogP contribution in [0.2, 0.25) is 0 Å². The Hall–Kier alpha value is -2.28. The number of esters is 2. The molecule has 0 spiro atoms. The summed E-state index contributed by atoms with van der Waals surface area (Å²) in [4.78, 5) is 42.5. The minimum absolute atomic E-state index is 0.0833. The van der Waals surface area contributed by atoms with Crippen LogP contribution in [0.25, 0.3) is 0 Å². The molecule has 12 heteroatoms. The zero-order chi connectivity index (χ0) is 28.5. The molecule has 0 unspecified atom stereocenters. The van der Waals surface area contributed by atoms with E-state index in [-0.39, 0.29) is 30.7 Å². The Bertz CT molecular complexity index is 741. The first kappa shape index (κ1) is 36.9. The summed E-state index contributed by atoms with van der Waals surface area (Å²) < 4.78 is 10.4. The van der Waals surface area contributed by atoms with Crippen LogP contribution in [0.15, 0.2) is 30.3 Å². The molecule has 10 nitrogen and oxygen atoms in total. The summed E-state index contributed by atoms with van der Waals surface area (Å²) in [5.74, 6) is -2.85. The third kappa shape index (κ3) is 21.5. The fraction of sp³-hybridized carbons (Fsp3) is 0.600. The van der Waals surface area contributed by atoms with Gasteiger partial charge >= 0.3 is 23.9 Å². The van der Waals surface area contributed by atoms with Gasteiger partial charge in [0.2, 0.25) is 0 Å². The molecule has 0 radical (unpaired) electrons. The van der Waals surface area contributed by atoms with E-state index in [2.05, 4.69) is 32.2 Å². The number of aliphatic hydroxyl groups excluding tert-OH is 2. The maximum Gasteiger partial charge on any atom is 0.338 e. The third-order valence-electron chi connectivity index (χ3n) is 4.73. The number of aliphatic carboxylic acids is 2. The summed E-state index contributed by atoms with van der Waals surface area (Å²) in [5, 5.41) is 34.5. The van der Waals surface area contributed by atoms with Gasteiger partial charge < -0.3 is 29.9 Å². The SMILES string of the molecule is CCCCCCCCC(=O)OCC(CO)(CO)COC(=O)c1ccccc1.O=C(O)CS.O=C(O)CS. The summed E-state index contributed by atoms with van der Waals surface area (Å²) in [7, 11) is 0. The van der Waals surface area contributed by atoms with Gasteiger partial charge in [0.15, 0.2) is 0 Å². The van der Waals surface area contributed by atoms with Crippen LogP contribution in [-0.2, 0) is 23.9 Å². The highest BCUT2D eigenvalue weighted by Gasteiger charge is 2.33. The third-order valence-corrected chi connectivity index (χ3v) is 5.28. The molecule has 0 aliphatic rings. The molecule has 0 heterocycles. The van der Waals surface area contributed by atoms with Gasteiger partial charge in [-0.05, 0) is 18.6 Å². The van der Waals surface area contributed by atoms with E-state index in [1.807, 2.05) is 0 Å². The van der Waals surface area contributed by atoms with Gasteiger partial charge in [-0.2, -0.15) is 25.3 Å². The summed E-state index contributed by atoms with van der Waals surface area (Å²) in [6.45, 7) is 0.795. The highest BCUT2D eigenvalue weighted by Crippen LogP contribution is 2.19. The number of rotatable bonds is 16. The maximum atomic E-state index is 12.0. The minimum atomic E-state index is -1.21. The molecule has 0 atom stereocenters. The predicted octanol–water partition coefficient (Wildman–Crippen LogP) is 3.11. The molecule has 0 bridgehead atoms. The molecular formula is C25H40O10S2. The average Bonchev–Trinajstić information content (AvgIpc) is 2.92. The highest BCUT2D eigenvalue weighted by atomic mass is 32.1. The van der Waals surface area contributed by atoms with Gasteiger partial charge in [-0.15, -0.1) is 0 Å². The van der Waals surface area contributed by atoms with Crippen molar-refractivity contribution in [2.45, 2.75) is 51.9 Å². The van der Waals surface area contributed by atoms with Crippen molar-refractivity contribution in [1.29, 1.82) is 0 Å². The normalized spacial score (nSPS) is 10.2. The fourth-order valence-corrected chi connectivity index (χ4v) is 2.51. The Balaban J connectivity index is 0. The Morgan fingerprint density at radius 2 is 1.24 bits per heavy atom. The standard InChI is InChI=1S/C21H32O6.2C2H4O2S/c1-2-3-4-5-6-10-13-19(24)26-16-21(14-22,15-23)17-27-20(25)18-11-8-7-9-12-18;2*3-2(4)1-5/h7-9,11-12,22-23H,2-6,10,13-17H2,1H3;2*5H,1H2,(H,3,4). The lowest BCUT2D eigenvalue weighted by atomic mass is 9.92. The van der Waals surface area contributed by atoms with E-state index in [1.165, 1.54) is 19.3 Å². The van der Waals surface area contributed by atoms with E-state index in [4.69, 9.17) is 19.7 Å². The maximum absolute atomic E-state index is 12.0. The van der Waals surface area contributed by atoms with Crippen LogP contribution in [0.1, 0.15) is 62.2 Å². The lowest BCUT2D eigenvalue weighted by molar-refractivity contribution is -0.151. The monoisotopic (exact) mass is 564 g/mol. The van der Waals surface area contributed by atoms with Crippen molar-refractivity contribution in [3.05, 3.63) is 35.9 Å². The molecule has 1 aromatic carbocycles. The van der Waals surface area contributed by atoms with Crippen molar-refractivity contribution >= 4 is 49.1 Å². The molecule has 0 amide bonds. The van der Waals surface area contributed by atoms with Crippen molar-refractivity contribution in [1.82, 2.24) is 0 Å². The van der Waals surface area contributed by atoms with Crippen molar-refractivity contribution in [3.8, 4) is 0 Å². The Morgan fingerprint density at radius 3 is 1.70 bits per heavy atom. The van der Waals surface area contributed by atoms with Crippen molar-refractivity contribution in [2.24, 2.45) is 5.41 Å². The van der Waals surface area contributed by atoms with Crippen LogP contribution in [0.4, 0.5) is 0 Å². The second-order valence-electron chi connectivity index (χ2n) is 8.04. The van der Waals surface area contributed by atoms with Crippen molar-refractivity contribution in [3.63, 3.8) is 0 Å². The van der Waals surface area contributed by atoms with E-state index in [0.717, 1.165) is 19.3 Å². The Morgan fingerprint density at radius 1 is 0.784 bits per heavy atom. The van der Waals surface area contributed by atoms with E-state index in [0.29, 0.717) is 12.0 Å². The number of hydrogen-bond donors (Lipinski definition) is 6. The first-order chi connectivity index (χ1) is 17.6. The molecule has 4 N–H and O–H groups in total. The number of carboxylic acids is 2. The lowest BCUT2D eigenvalue weighted by Gasteiger charge is -2.28. The van der Waals surface area contributed by atoms with Gasteiger partial charge in [-0.25, -0.2) is 4.79 Å². The first-order valence-electron chi connectivity index (χ1n) is 11.9. The summed E-state index contributed by atoms with van der Waals surface area (Å²) in [6.07, 6.45) is 6.72. The molecule has 37 heavy (non-hydrogen) atoms. The predicted molar refractivity (Wildman–Crippen MR) is 145 cm³/mol. The molecule has 0 aliphatic carbocycles. The number of carbonyl (C=O) groups excluding carboxylic acids is 2. The van der Waals surface area contributed by atoms with E-state index >= 15 is 0 Å². The van der Waals surface area contributed by atoms with Crippen LogP contribution in [0.3, 0.4) is 0 Å². The molecule has 0 saturated carbocycles. The molecule has 1 aromatic rings. The van der Waals surface area contributed by atoms with Gasteiger partial charge in [0.25, 0.3) is 0 Å². The fourth-order valence-electron chi connectivity index (χ4n) is 2.51. The quantitative estimate of drug-likeness (QED) is 0.0997. The number of benzene rings is 1. The van der Waals surface area contributed by atoms with Crippen LogP contribution in [-0.4, -0.2) is 82.2 Å². The van der Waals surface area contributed by atoms with Crippen molar-refractivity contribution < 1.29 is 49.1 Å². The van der Waals surface area contributed by atoms with Gasteiger partial charge in [0.05, 0.1) is 35.7 Å². The highest BCUT2D eigenvalue weighted by molar-refractivity contribution is 7.81. The second-order valence-corrected chi connectivity index (χ2v) is 8.67. The van der Waals surface area contributed by atoms with E-state index in [9.17, 15) is 29.4 Å². The van der Waals surface area contributed by atoms with E-state index in [1.54, 1.807) is 30.3 Å². The second kappa shape index (κ2) is 24.1. The number of unbranched alkanes of at least 4 members (excludes halogenated alkanes) is 5. The molecule has 0 aromatic heterocycles. The van der Waals surface area contributed by atoms with Crippen molar-refractivity contribution in [2.75, 3.05) is 37.9 Å². The Kier molecular flexibility index (Phi) is 24.0. The first-order valence-corrected chi connectivity index (χ1v) is 13.1. The number of carbonyl (C=O) groups is 4. The number of carboxylic acid groups (broad SMARTS) is 2. The van der Waals surface area contributed by atoms with E-state index < -0.39 is 36.5 Å². The van der Waals surface area contributed by atoms with Crippen LogP contribution >= 0.6 is 25.3 Å². The molecule has 0 aliphatic heterocycles. The molecule has 0 saturated heterocycles. The molecule has 212 valence electrons. The minimum Gasteiger partial charge on any atom is -0.481 e. The summed E-state index contributed by atoms with van der Waals surface area (Å²) in [6, 6.07) is 8.44. The summed E-state index contributed by atoms with van der Waals surface area (Å²) in [5.41, 5.74) is -0.830. The molecule has 0 fully saturated rings. The molecule has 1 rings (SSSR count). The number of thiol groups is 2. The van der Waals surface area contributed by atoms with Gasteiger partial charge in [-0.1, -0.05) is 57.2 Å². The molecular weight excluding hydrogens is 524 g/mol. The smallest absolute Gasteiger partial charge is 0.338 e. The number of aliphatic hydroxyl groups is 2. The zero-order valence-corrected chi connectivity index (χ0v) is 23.0.